The van der Waals surface area contributed by atoms with Crippen LogP contribution in [0.2, 0.25) is 0 Å². The Balaban J connectivity index is 2.78. The first-order valence-electron chi connectivity index (χ1n) is 6.06. The van der Waals surface area contributed by atoms with Crippen LogP contribution >= 0.6 is 0 Å². The van der Waals surface area contributed by atoms with E-state index >= 15 is 0 Å². The molecular weight excluding hydrogens is 294 g/mol. The molecule has 0 aromatic heterocycles. The van der Waals surface area contributed by atoms with E-state index in [0.29, 0.717) is 12.8 Å². The first-order chi connectivity index (χ1) is 9.05. The van der Waals surface area contributed by atoms with Gasteiger partial charge in [-0.15, -0.1) is 0 Å². The molecule has 2 nitrogen and oxygen atoms in total. The van der Waals surface area contributed by atoms with Crippen LogP contribution in [-0.4, -0.2) is 8.96 Å². The van der Waals surface area contributed by atoms with Gasteiger partial charge in [-0.05, 0) is 44.7 Å². The first-order valence-corrected chi connectivity index (χ1v) is 7.28. The average molecular weight is 311 g/mol. The summed E-state index contributed by atoms with van der Waals surface area (Å²) in [6.07, 6.45) is -3.70. The molecule has 0 radical (unpaired) electrons. The highest BCUT2D eigenvalue weighted by molar-refractivity contribution is 7.84. The smallest absolute Gasteiger partial charge is 0.251 e. The number of halogens is 4. The van der Waals surface area contributed by atoms with E-state index in [2.05, 4.69) is 0 Å². The standard InChI is InChI=1S/C13H17F4NOS/c1-12(2,20(18)19)8-4-6-9-5-3-7-10(11(9)14)13(15,16)17/h3,5,7H,4,6,8,18H2,1-2H3. The number of aryl methyl sites for hydroxylation is 1. The molecule has 0 bridgehead atoms. The highest BCUT2D eigenvalue weighted by Gasteiger charge is 2.34. The van der Waals surface area contributed by atoms with Crippen molar-refractivity contribution >= 4 is 11.0 Å². The zero-order valence-corrected chi connectivity index (χ0v) is 12.1. The summed E-state index contributed by atoms with van der Waals surface area (Å²) in [5.41, 5.74) is -1.24. The second-order valence-electron chi connectivity index (χ2n) is 5.19. The molecule has 0 saturated carbocycles. The van der Waals surface area contributed by atoms with Gasteiger partial charge in [0.05, 0.1) is 21.3 Å². The van der Waals surface area contributed by atoms with Crippen molar-refractivity contribution in [3.63, 3.8) is 0 Å². The normalized spacial score (nSPS) is 14.3. The van der Waals surface area contributed by atoms with Crippen LogP contribution in [0.1, 0.15) is 37.8 Å². The maximum Gasteiger partial charge on any atom is 0.419 e. The minimum atomic E-state index is -4.70. The van der Waals surface area contributed by atoms with Crippen LogP contribution in [0.5, 0.6) is 0 Å². The molecule has 0 amide bonds. The van der Waals surface area contributed by atoms with Gasteiger partial charge < -0.3 is 0 Å². The van der Waals surface area contributed by atoms with Crippen molar-refractivity contribution in [2.75, 3.05) is 0 Å². The van der Waals surface area contributed by atoms with Crippen molar-refractivity contribution in [1.82, 2.24) is 0 Å². The SMILES string of the molecule is CC(C)(CCCc1cccc(C(F)(F)F)c1F)S(N)=O. The maximum absolute atomic E-state index is 13.7. The number of hydrogen-bond donors (Lipinski definition) is 1. The molecule has 20 heavy (non-hydrogen) atoms. The fourth-order valence-electron chi connectivity index (χ4n) is 1.80. The van der Waals surface area contributed by atoms with Crippen LogP contribution in [-0.2, 0) is 23.6 Å². The maximum atomic E-state index is 13.7. The number of hydrogen-bond acceptors (Lipinski definition) is 1. The van der Waals surface area contributed by atoms with Crippen molar-refractivity contribution in [1.29, 1.82) is 0 Å². The van der Waals surface area contributed by atoms with E-state index in [9.17, 15) is 21.8 Å². The van der Waals surface area contributed by atoms with Gasteiger partial charge in [-0.1, -0.05) is 12.1 Å². The van der Waals surface area contributed by atoms with Gasteiger partial charge in [0.15, 0.2) is 0 Å². The lowest BCUT2D eigenvalue weighted by atomic mass is 10.00. The van der Waals surface area contributed by atoms with Gasteiger partial charge in [0, 0.05) is 0 Å². The molecule has 0 aliphatic heterocycles. The fourth-order valence-corrected chi connectivity index (χ4v) is 2.14. The Labute approximate surface area is 117 Å². The van der Waals surface area contributed by atoms with Crippen molar-refractivity contribution < 1.29 is 21.8 Å². The molecule has 1 aromatic rings. The highest BCUT2D eigenvalue weighted by Crippen LogP contribution is 2.33. The molecule has 114 valence electrons. The lowest BCUT2D eigenvalue weighted by Gasteiger charge is -2.20. The minimum absolute atomic E-state index is 0.0124. The summed E-state index contributed by atoms with van der Waals surface area (Å²) in [5, 5.41) is 5.31. The number of rotatable bonds is 5. The van der Waals surface area contributed by atoms with E-state index in [1.54, 1.807) is 13.8 Å². The molecule has 7 heteroatoms. The van der Waals surface area contributed by atoms with Crippen LogP contribution in [0, 0.1) is 5.82 Å². The molecule has 0 aliphatic rings. The topological polar surface area (TPSA) is 43.1 Å². The van der Waals surface area contributed by atoms with Gasteiger partial charge >= 0.3 is 6.18 Å². The van der Waals surface area contributed by atoms with Crippen LogP contribution in [0.3, 0.4) is 0 Å². The van der Waals surface area contributed by atoms with Crippen LogP contribution in [0.4, 0.5) is 17.6 Å². The molecule has 0 saturated heterocycles. The lowest BCUT2D eigenvalue weighted by Crippen LogP contribution is -2.31. The van der Waals surface area contributed by atoms with Crippen LogP contribution < -0.4 is 5.14 Å². The van der Waals surface area contributed by atoms with Gasteiger partial charge in [-0.3, -0.25) is 5.14 Å². The van der Waals surface area contributed by atoms with E-state index in [4.69, 9.17) is 5.14 Å². The second kappa shape index (κ2) is 6.22. The third-order valence-corrected chi connectivity index (χ3v) is 4.45. The summed E-state index contributed by atoms with van der Waals surface area (Å²) < 4.78 is 62.0. The van der Waals surface area contributed by atoms with Crippen LogP contribution in [0.25, 0.3) is 0 Å². The third-order valence-electron chi connectivity index (χ3n) is 3.15. The Morgan fingerprint density at radius 1 is 1.25 bits per heavy atom. The first kappa shape index (κ1) is 17.1. The lowest BCUT2D eigenvalue weighted by molar-refractivity contribution is -0.140. The monoisotopic (exact) mass is 311 g/mol. The minimum Gasteiger partial charge on any atom is -0.251 e. The molecule has 1 atom stereocenters. The quantitative estimate of drug-likeness (QED) is 0.830. The number of alkyl halides is 3. The van der Waals surface area contributed by atoms with Crippen molar-refractivity contribution in [3.05, 3.63) is 35.1 Å². The average Bonchev–Trinajstić information content (AvgIpc) is 2.29. The number of nitrogens with two attached hydrogens (primary N) is 1. The Kier molecular flexibility index (Phi) is 5.32. The molecule has 1 rings (SSSR count). The van der Waals surface area contributed by atoms with Crippen molar-refractivity contribution in [3.8, 4) is 0 Å². The van der Waals surface area contributed by atoms with Gasteiger partial charge in [0.25, 0.3) is 0 Å². The Morgan fingerprint density at radius 3 is 2.35 bits per heavy atom. The summed E-state index contributed by atoms with van der Waals surface area (Å²) in [7, 11) is -1.53. The summed E-state index contributed by atoms with van der Waals surface area (Å²) in [5.74, 6) is -1.23. The molecular formula is C13H17F4NOS. The van der Waals surface area contributed by atoms with E-state index in [-0.39, 0.29) is 12.0 Å². The zero-order valence-electron chi connectivity index (χ0n) is 11.3. The molecule has 0 fully saturated rings. The summed E-state index contributed by atoms with van der Waals surface area (Å²) in [6, 6.07) is 3.24. The van der Waals surface area contributed by atoms with Gasteiger partial charge in [0.1, 0.15) is 5.82 Å². The predicted molar refractivity (Wildman–Crippen MR) is 70.7 cm³/mol. The Bertz CT molecular complexity index is 500. The van der Waals surface area contributed by atoms with Gasteiger partial charge in [0.2, 0.25) is 0 Å². The molecule has 1 unspecified atom stereocenters. The Morgan fingerprint density at radius 2 is 1.85 bits per heavy atom. The summed E-state index contributed by atoms with van der Waals surface area (Å²) >= 11 is 0. The molecule has 0 spiro atoms. The van der Waals surface area contributed by atoms with Crippen molar-refractivity contribution in [2.45, 2.75) is 44.0 Å². The summed E-state index contributed by atoms with van der Waals surface area (Å²) in [6.45, 7) is 3.40. The largest absolute Gasteiger partial charge is 0.419 e. The van der Waals surface area contributed by atoms with Gasteiger partial charge in [-0.2, -0.15) is 13.2 Å². The predicted octanol–water partition coefficient (Wildman–Crippen LogP) is 3.57. The molecule has 2 N–H and O–H groups in total. The van der Waals surface area contributed by atoms with Crippen molar-refractivity contribution in [2.24, 2.45) is 5.14 Å². The van der Waals surface area contributed by atoms with Crippen LogP contribution in [0.15, 0.2) is 18.2 Å². The zero-order chi connectivity index (χ0) is 15.6. The molecule has 1 aromatic carbocycles. The van der Waals surface area contributed by atoms with E-state index < -0.39 is 33.3 Å². The Hall–Kier alpha value is -0.950. The van der Waals surface area contributed by atoms with E-state index in [1.807, 2.05) is 0 Å². The molecule has 0 aliphatic carbocycles. The van der Waals surface area contributed by atoms with E-state index in [0.717, 1.165) is 6.07 Å². The highest BCUT2D eigenvalue weighted by atomic mass is 32.2. The molecule has 0 heterocycles. The third kappa shape index (κ3) is 4.28. The number of benzene rings is 1. The fraction of sp³-hybridized carbons (Fsp3) is 0.538. The summed E-state index contributed by atoms with van der Waals surface area (Å²) in [4.78, 5) is 0. The second-order valence-corrected chi connectivity index (χ2v) is 6.89. The van der Waals surface area contributed by atoms with E-state index in [1.165, 1.54) is 12.1 Å². The van der Waals surface area contributed by atoms with Gasteiger partial charge in [-0.25, -0.2) is 8.60 Å².